The number of ether oxygens (including phenoxy) is 1. The summed E-state index contributed by atoms with van der Waals surface area (Å²) in [4.78, 5) is 26.3. The predicted octanol–water partition coefficient (Wildman–Crippen LogP) is 2.32. The van der Waals surface area contributed by atoms with Crippen molar-refractivity contribution in [3.63, 3.8) is 0 Å². The van der Waals surface area contributed by atoms with Crippen LogP contribution in [0.5, 0.6) is 5.75 Å². The smallest absolute Gasteiger partial charge is 0.243 e. The van der Waals surface area contributed by atoms with E-state index in [1.807, 2.05) is 28.0 Å². The van der Waals surface area contributed by atoms with Crippen molar-refractivity contribution in [2.24, 2.45) is 5.92 Å². The third-order valence-electron chi connectivity index (χ3n) is 7.01. The Bertz CT molecular complexity index is 1320. The molecule has 35 heavy (non-hydrogen) atoms. The van der Waals surface area contributed by atoms with Gasteiger partial charge in [0.1, 0.15) is 22.9 Å². The van der Waals surface area contributed by atoms with Crippen LogP contribution in [-0.2, 0) is 9.59 Å². The van der Waals surface area contributed by atoms with Crippen LogP contribution in [0.4, 0.5) is 0 Å². The van der Waals surface area contributed by atoms with Crippen molar-refractivity contribution in [1.82, 2.24) is 29.6 Å². The summed E-state index contributed by atoms with van der Waals surface area (Å²) in [5, 5.41) is 21.0. The molecule has 1 N–H and O–H groups in total. The van der Waals surface area contributed by atoms with Gasteiger partial charge in [0, 0.05) is 48.6 Å². The van der Waals surface area contributed by atoms with Crippen LogP contribution in [0.3, 0.4) is 0 Å². The highest BCUT2D eigenvalue weighted by atomic mass is 16.5. The number of pyridine rings is 1. The molecule has 1 aliphatic carbocycles. The maximum absolute atomic E-state index is 12.9. The van der Waals surface area contributed by atoms with E-state index < -0.39 is 0 Å². The molecule has 1 aliphatic heterocycles. The number of likely N-dealkylation sites (tertiary alicyclic amines) is 1. The van der Waals surface area contributed by atoms with Crippen molar-refractivity contribution in [2.45, 2.75) is 37.8 Å². The number of carbonyl (C=O) groups excluding carboxylic acids is 2. The Morgan fingerprint density at radius 1 is 1.17 bits per heavy atom. The second-order valence-corrected chi connectivity index (χ2v) is 9.13. The van der Waals surface area contributed by atoms with Gasteiger partial charge in [-0.05, 0) is 37.8 Å². The maximum Gasteiger partial charge on any atom is 0.243 e. The van der Waals surface area contributed by atoms with E-state index in [1.165, 1.54) is 12.3 Å². The highest BCUT2D eigenvalue weighted by molar-refractivity contribution is 5.87. The molecule has 2 fully saturated rings. The Morgan fingerprint density at radius 3 is 2.63 bits per heavy atom. The highest BCUT2D eigenvalue weighted by Gasteiger charge is 2.37. The van der Waals surface area contributed by atoms with Gasteiger partial charge in [-0.1, -0.05) is 6.58 Å². The number of nitrogens with one attached hydrogen (secondary N) is 1. The van der Waals surface area contributed by atoms with E-state index in [2.05, 4.69) is 28.2 Å². The summed E-state index contributed by atoms with van der Waals surface area (Å²) >= 11 is 0. The minimum absolute atomic E-state index is 0.0209. The number of fused-ring (bicyclic) bond motifs is 1. The van der Waals surface area contributed by atoms with Crippen molar-refractivity contribution in [2.75, 3.05) is 20.2 Å². The molecule has 3 aromatic rings. The first-order valence-electron chi connectivity index (χ1n) is 11.7. The molecule has 0 radical (unpaired) electrons. The fraction of sp³-hybridized carbons (Fsp3) is 0.400. The first-order valence-corrected chi connectivity index (χ1v) is 11.7. The molecular weight excluding hydrogens is 446 g/mol. The normalized spacial score (nSPS) is 20.2. The summed E-state index contributed by atoms with van der Waals surface area (Å²) in [7, 11) is 1.57. The molecular formula is C25H27N7O3. The molecule has 4 heterocycles. The van der Waals surface area contributed by atoms with E-state index >= 15 is 0 Å². The molecule has 3 aromatic heterocycles. The molecule has 1 saturated carbocycles. The quantitative estimate of drug-likeness (QED) is 0.549. The number of aromatic nitrogens is 4. The predicted molar refractivity (Wildman–Crippen MR) is 127 cm³/mol. The lowest BCUT2D eigenvalue weighted by molar-refractivity contribution is -0.142. The Morgan fingerprint density at radius 2 is 1.94 bits per heavy atom. The molecule has 1 saturated heterocycles. The van der Waals surface area contributed by atoms with Crippen molar-refractivity contribution in [3.05, 3.63) is 49.1 Å². The number of nitriles is 1. The molecule has 2 aliphatic rings. The number of rotatable bonds is 6. The zero-order chi connectivity index (χ0) is 24.5. The fourth-order valence-corrected chi connectivity index (χ4v) is 4.97. The maximum atomic E-state index is 12.9. The molecule has 0 unspecified atom stereocenters. The van der Waals surface area contributed by atoms with Crippen LogP contribution < -0.4 is 10.1 Å². The number of carbonyl (C=O) groups is 2. The molecule has 0 bridgehead atoms. The summed E-state index contributed by atoms with van der Waals surface area (Å²) in [6.07, 6.45) is 11.6. The number of nitrogens with zero attached hydrogens (tertiary/aromatic N) is 6. The number of methoxy groups -OCH3 is 1. The number of amides is 2. The highest BCUT2D eigenvalue weighted by Crippen LogP contribution is 2.32. The zero-order valence-corrected chi connectivity index (χ0v) is 19.6. The molecule has 180 valence electrons. The first-order chi connectivity index (χ1) is 17.0. The third-order valence-corrected chi connectivity index (χ3v) is 7.01. The van der Waals surface area contributed by atoms with E-state index in [4.69, 9.17) is 4.74 Å². The largest absolute Gasteiger partial charge is 0.494 e. The topological polar surface area (TPSA) is 118 Å². The van der Waals surface area contributed by atoms with Gasteiger partial charge in [0.2, 0.25) is 11.8 Å². The van der Waals surface area contributed by atoms with E-state index in [0.29, 0.717) is 29.9 Å². The van der Waals surface area contributed by atoms with Crippen molar-refractivity contribution in [3.8, 4) is 22.9 Å². The molecule has 0 aromatic carbocycles. The van der Waals surface area contributed by atoms with Gasteiger partial charge in [0.05, 0.1) is 25.5 Å². The van der Waals surface area contributed by atoms with E-state index in [0.717, 1.165) is 36.8 Å². The Balaban J connectivity index is 1.20. The SMILES string of the molecule is C=CC(=O)NC1CCC(C(=O)N2CC(n3cc(-c4cc(OC)c5c(C#N)cnn5c4)cn3)C2)CC1. The molecule has 0 spiro atoms. The second kappa shape index (κ2) is 9.25. The number of hydrogen-bond donors (Lipinski definition) is 1. The van der Waals surface area contributed by atoms with Crippen LogP contribution in [0.15, 0.2) is 43.5 Å². The Labute approximate surface area is 202 Å². The lowest BCUT2D eigenvalue weighted by Crippen LogP contribution is -2.53. The van der Waals surface area contributed by atoms with E-state index in [-0.39, 0.29) is 29.8 Å². The summed E-state index contributed by atoms with van der Waals surface area (Å²) < 4.78 is 9.05. The van der Waals surface area contributed by atoms with Gasteiger partial charge in [0.15, 0.2) is 0 Å². The minimum atomic E-state index is -0.154. The van der Waals surface area contributed by atoms with E-state index in [9.17, 15) is 14.9 Å². The van der Waals surface area contributed by atoms with Gasteiger partial charge in [-0.15, -0.1) is 0 Å². The average molecular weight is 474 g/mol. The van der Waals surface area contributed by atoms with Crippen LogP contribution >= 0.6 is 0 Å². The fourth-order valence-electron chi connectivity index (χ4n) is 4.97. The van der Waals surface area contributed by atoms with Crippen molar-refractivity contribution in [1.29, 1.82) is 5.26 Å². The first kappa shape index (κ1) is 22.7. The van der Waals surface area contributed by atoms with Gasteiger partial charge < -0.3 is 15.0 Å². The van der Waals surface area contributed by atoms with Crippen LogP contribution in [0, 0.1) is 17.2 Å². The minimum Gasteiger partial charge on any atom is -0.494 e. The van der Waals surface area contributed by atoms with Gasteiger partial charge in [-0.2, -0.15) is 15.5 Å². The van der Waals surface area contributed by atoms with Crippen LogP contribution in [0.25, 0.3) is 16.6 Å². The van der Waals surface area contributed by atoms with Crippen LogP contribution in [0.1, 0.15) is 37.3 Å². The summed E-state index contributed by atoms with van der Waals surface area (Å²) in [6.45, 7) is 4.76. The van der Waals surface area contributed by atoms with Crippen molar-refractivity contribution >= 4 is 17.3 Å². The van der Waals surface area contributed by atoms with Crippen LogP contribution in [0.2, 0.25) is 0 Å². The van der Waals surface area contributed by atoms with E-state index in [1.54, 1.807) is 17.8 Å². The Kier molecular flexibility index (Phi) is 5.99. The zero-order valence-electron chi connectivity index (χ0n) is 19.6. The molecule has 10 heteroatoms. The molecule has 2 amide bonds. The Hall–Kier alpha value is -4.13. The standard InChI is InChI=1S/C25H27N7O3/c1-3-23(33)29-20-6-4-16(5-7-20)25(34)30-14-21(15-30)31-13-19(11-27-31)17-8-22(35-2)24-18(9-26)10-28-32(24)12-17/h3,8,10-13,16,20-21H,1,4-7,14-15H2,2H3,(H,29,33). The summed E-state index contributed by atoms with van der Waals surface area (Å²) in [5.74, 6) is 0.638. The second-order valence-electron chi connectivity index (χ2n) is 9.13. The van der Waals surface area contributed by atoms with Gasteiger partial charge in [-0.25, -0.2) is 4.52 Å². The monoisotopic (exact) mass is 473 g/mol. The van der Waals surface area contributed by atoms with Crippen molar-refractivity contribution < 1.29 is 14.3 Å². The average Bonchev–Trinajstić information content (AvgIpc) is 3.50. The van der Waals surface area contributed by atoms with Gasteiger partial charge in [-0.3, -0.25) is 14.3 Å². The van der Waals surface area contributed by atoms with Crippen LogP contribution in [-0.4, -0.2) is 62.3 Å². The lowest BCUT2D eigenvalue weighted by atomic mass is 9.84. The summed E-state index contributed by atoms with van der Waals surface area (Å²) in [5.41, 5.74) is 2.87. The molecule has 5 rings (SSSR count). The summed E-state index contributed by atoms with van der Waals surface area (Å²) in [6, 6.07) is 4.28. The van der Waals surface area contributed by atoms with Gasteiger partial charge in [0.25, 0.3) is 0 Å². The lowest BCUT2D eigenvalue weighted by Gasteiger charge is -2.42. The van der Waals surface area contributed by atoms with Gasteiger partial charge >= 0.3 is 0 Å². The number of hydrogen-bond acceptors (Lipinski definition) is 6. The third kappa shape index (κ3) is 4.25. The molecule has 10 nitrogen and oxygen atoms in total. The molecule has 0 atom stereocenters.